The Morgan fingerprint density at radius 1 is 0.893 bits per heavy atom. The predicted octanol–water partition coefficient (Wildman–Crippen LogP) is 6.23. The molecule has 28 heavy (non-hydrogen) atoms. The number of rotatable bonds is 5. The Morgan fingerprint density at radius 2 is 1.64 bits per heavy atom. The molecule has 0 saturated heterocycles. The summed E-state index contributed by atoms with van der Waals surface area (Å²) in [4.78, 5) is 0. The van der Waals surface area contributed by atoms with E-state index in [2.05, 4.69) is 75.9 Å². The van der Waals surface area contributed by atoms with E-state index in [0.717, 1.165) is 33.9 Å². The maximum atomic E-state index is 4.56. The lowest BCUT2D eigenvalue weighted by Gasteiger charge is -2.14. The SMILES string of the molecule is C=C/C=C\C(=C/C)c1nnc(-c2ccccc2)n1-c1cccc2ccccc12. The summed E-state index contributed by atoms with van der Waals surface area (Å²) in [5.41, 5.74) is 3.07. The van der Waals surface area contributed by atoms with Crippen LogP contribution in [0.1, 0.15) is 12.7 Å². The fraction of sp³-hybridized carbons (Fsp3) is 0.0400. The van der Waals surface area contributed by atoms with E-state index < -0.39 is 0 Å². The highest BCUT2D eigenvalue weighted by molar-refractivity contribution is 5.91. The van der Waals surface area contributed by atoms with E-state index in [1.54, 1.807) is 6.08 Å². The van der Waals surface area contributed by atoms with Crippen LogP contribution in [0.15, 0.2) is 104 Å². The van der Waals surface area contributed by atoms with Crippen LogP contribution in [-0.2, 0) is 0 Å². The molecule has 4 rings (SSSR count). The van der Waals surface area contributed by atoms with Gasteiger partial charge in [0, 0.05) is 16.5 Å². The number of hydrogen-bond acceptors (Lipinski definition) is 2. The van der Waals surface area contributed by atoms with Gasteiger partial charge < -0.3 is 0 Å². The first-order valence-electron chi connectivity index (χ1n) is 9.28. The molecule has 3 aromatic carbocycles. The lowest BCUT2D eigenvalue weighted by atomic mass is 10.1. The van der Waals surface area contributed by atoms with Gasteiger partial charge in [-0.3, -0.25) is 4.57 Å². The maximum Gasteiger partial charge on any atom is 0.168 e. The van der Waals surface area contributed by atoms with Gasteiger partial charge in [-0.15, -0.1) is 10.2 Å². The summed E-state index contributed by atoms with van der Waals surface area (Å²) in [7, 11) is 0. The number of fused-ring (bicyclic) bond motifs is 1. The molecule has 0 saturated carbocycles. The molecule has 0 N–H and O–H groups in total. The van der Waals surface area contributed by atoms with Crippen molar-refractivity contribution >= 4 is 16.3 Å². The monoisotopic (exact) mass is 363 g/mol. The molecule has 0 radical (unpaired) electrons. The first kappa shape index (κ1) is 17.7. The summed E-state index contributed by atoms with van der Waals surface area (Å²) in [5.74, 6) is 1.62. The van der Waals surface area contributed by atoms with Crippen LogP contribution in [0, 0.1) is 0 Å². The molecule has 136 valence electrons. The van der Waals surface area contributed by atoms with Crippen molar-refractivity contribution in [3.8, 4) is 17.1 Å². The summed E-state index contributed by atoms with van der Waals surface area (Å²) in [6.45, 7) is 5.79. The van der Waals surface area contributed by atoms with Gasteiger partial charge in [-0.1, -0.05) is 97.6 Å². The van der Waals surface area contributed by atoms with Crippen molar-refractivity contribution in [3.63, 3.8) is 0 Å². The minimum Gasteiger partial charge on any atom is -0.274 e. The zero-order valence-corrected chi connectivity index (χ0v) is 15.8. The molecular formula is C25H21N3. The zero-order valence-electron chi connectivity index (χ0n) is 15.8. The lowest BCUT2D eigenvalue weighted by molar-refractivity contribution is 1.04. The molecule has 3 heteroatoms. The maximum absolute atomic E-state index is 4.56. The summed E-state index contributed by atoms with van der Waals surface area (Å²) in [5, 5.41) is 11.5. The molecule has 0 fully saturated rings. The molecular weight excluding hydrogens is 342 g/mol. The quantitative estimate of drug-likeness (QED) is 0.393. The molecule has 3 nitrogen and oxygen atoms in total. The molecule has 0 bridgehead atoms. The minimum absolute atomic E-state index is 0.802. The Balaban J connectivity index is 2.04. The standard InChI is InChI=1S/C25H21N3/c1-3-5-12-19(4-2)24-26-27-25(21-14-7-6-8-15-21)28(24)23-18-11-16-20-13-9-10-17-22(20)23/h3-18H,1H2,2H3/b12-5-,19-4+. The Morgan fingerprint density at radius 3 is 2.43 bits per heavy atom. The first-order valence-corrected chi connectivity index (χ1v) is 9.28. The predicted molar refractivity (Wildman–Crippen MR) is 117 cm³/mol. The lowest BCUT2D eigenvalue weighted by Crippen LogP contribution is -2.03. The molecule has 0 unspecified atom stereocenters. The van der Waals surface area contributed by atoms with Crippen LogP contribution in [0.5, 0.6) is 0 Å². The van der Waals surface area contributed by atoms with E-state index in [4.69, 9.17) is 0 Å². The normalized spacial score (nSPS) is 12.0. The summed E-state index contributed by atoms with van der Waals surface area (Å²) >= 11 is 0. The van der Waals surface area contributed by atoms with Gasteiger partial charge in [-0.25, -0.2) is 0 Å². The molecule has 0 aliphatic heterocycles. The number of benzene rings is 3. The van der Waals surface area contributed by atoms with E-state index in [1.165, 1.54) is 5.39 Å². The number of aromatic nitrogens is 3. The van der Waals surface area contributed by atoms with E-state index in [0.29, 0.717) is 0 Å². The van der Waals surface area contributed by atoms with Gasteiger partial charge >= 0.3 is 0 Å². The zero-order chi connectivity index (χ0) is 19.3. The Bertz CT molecular complexity index is 1180. The topological polar surface area (TPSA) is 30.7 Å². The fourth-order valence-corrected chi connectivity index (χ4v) is 3.35. The van der Waals surface area contributed by atoms with Gasteiger partial charge in [0.2, 0.25) is 0 Å². The second-order valence-corrected chi connectivity index (χ2v) is 6.39. The van der Waals surface area contributed by atoms with Crippen LogP contribution in [-0.4, -0.2) is 14.8 Å². The highest BCUT2D eigenvalue weighted by atomic mass is 15.3. The Kier molecular flexibility index (Phi) is 4.98. The van der Waals surface area contributed by atoms with Crippen LogP contribution in [0.25, 0.3) is 33.4 Å². The highest BCUT2D eigenvalue weighted by Gasteiger charge is 2.18. The minimum atomic E-state index is 0.802. The smallest absolute Gasteiger partial charge is 0.168 e. The van der Waals surface area contributed by atoms with Gasteiger partial charge in [0.05, 0.1) is 5.69 Å². The van der Waals surface area contributed by atoms with Crippen LogP contribution < -0.4 is 0 Å². The summed E-state index contributed by atoms with van der Waals surface area (Å²) in [6, 6.07) is 24.9. The third kappa shape index (κ3) is 3.19. The van der Waals surface area contributed by atoms with E-state index in [9.17, 15) is 0 Å². The largest absolute Gasteiger partial charge is 0.274 e. The molecule has 1 heterocycles. The van der Waals surface area contributed by atoms with Crippen molar-refractivity contribution in [1.29, 1.82) is 0 Å². The second kappa shape index (κ2) is 7.89. The van der Waals surface area contributed by atoms with Gasteiger partial charge in [0.15, 0.2) is 11.6 Å². The number of hydrogen-bond donors (Lipinski definition) is 0. The van der Waals surface area contributed by atoms with E-state index >= 15 is 0 Å². The molecule has 4 aromatic rings. The van der Waals surface area contributed by atoms with Crippen molar-refractivity contribution in [3.05, 3.63) is 110 Å². The van der Waals surface area contributed by atoms with Gasteiger partial charge in [0.1, 0.15) is 0 Å². The van der Waals surface area contributed by atoms with Crippen molar-refractivity contribution < 1.29 is 0 Å². The Labute approximate surface area is 165 Å². The van der Waals surface area contributed by atoms with Crippen molar-refractivity contribution in [2.75, 3.05) is 0 Å². The third-order valence-electron chi connectivity index (χ3n) is 4.68. The average molecular weight is 363 g/mol. The summed E-state index contributed by atoms with van der Waals surface area (Å²) in [6.07, 6.45) is 7.73. The number of allylic oxidation sites excluding steroid dienone is 5. The van der Waals surface area contributed by atoms with Crippen LogP contribution in [0.3, 0.4) is 0 Å². The summed E-state index contributed by atoms with van der Waals surface area (Å²) < 4.78 is 2.14. The van der Waals surface area contributed by atoms with Crippen LogP contribution in [0.2, 0.25) is 0 Å². The second-order valence-electron chi connectivity index (χ2n) is 6.39. The van der Waals surface area contributed by atoms with Crippen molar-refractivity contribution in [2.45, 2.75) is 6.92 Å². The molecule has 0 spiro atoms. The Hall–Kier alpha value is -3.72. The molecule has 1 aromatic heterocycles. The van der Waals surface area contributed by atoms with E-state index in [-0.39, 0.29) is 0 Å². The van der Waals surface area contributed by atoms with Gasteiger partial charge in [0.25, 0.3) is 0 Å². The average Bonchev–Trinajstić information content (AvgIpc) is 3.19. The van der Waals surface area contributed by atoms with Gasteiger partial charge in [-0.2, -0.15) is 0 Å². The van der Waals surface area contributed by atoms with Crippen molar-refractivity contribution in [1.82, 2.24) is 14.8 Å². The van der Waals surface area contributed by atoms with Gasteiger partial charge in [-0.05, 0) is 18.4 Å². The van der Waals surface area contributed by atoms with Crippen molar-refractivity contribution in [2.24, 2.45) is 0 Å². The first-order chi connectivity index (χ1) is 13.8. The molecule has 0 aliphatic carbocycles. The highest BCUT2D eigenvalue weighted by Crippen LogP contribution is 2.30. The number of nitrogens with zero attached hydrogens (tertiary/aromatic N) is 3. The fourth-order valence-electron chi connectivity index (χ4n) is 3.35. The molecule has 0 atom stereocenters. The molecule has 0 aliphatic rings. The van der Waals surface area contributed by atoms with E-state index in [1.807, 2.05) is 43.4 Å². The van der Waals surface area contributed by atoms with Crippen LogP contribution in [0.4, 0.5) is 0 Å². The molecule has 0 amide bonds. The third-order valence-corrected chi connectivity index (χ3v) is 4.68. The van der Waals surface area contributed by atoms with Crippen LogP contribution >= 0.6 is 0 Å².